The van der Waals surface area contributed by atoms with Gasteiger partial charge in [-0.05, 0) is 31.7 Å². The maximum Gasteiger partial charge on any atom is 0.223 e. The van der Waals surface area contributed by atoms with Crippen LogP contribution in [0.1, 0.15) is 25.1 Å². The molecule has 3 rings (SSSR count). The molecule has 1 amide bonds. The second kappa shape index (κ2) is 6.59. The van der Waals surface area contributed by atoms with Gasteiger partial charge in [0.05, 0.1) is 29.3 Å². The monoisotopic (exact) mass is 351 g/mol. The average molecular weight is 351 g/mol. The minimum Gasteiger partial charge on any atom is -0.377 e. The number of aromatic nitrogens is 1. The summed E-state index contributed by atoms with van der Waals surface area (Å²) in [7, 11) is 0. The summed E-state index contributed by atoms with van der Waals surface area (Å²) >= 11 is 3.12. The molecule has 124 valence electrons. The molecule has 5 nitrogen and oxygen atoms in total. The van der Waals surface area contributed by atoms with Crippen LogP contribution in [0.4, 0.5) is 5.13 Å². The number of nitrogen functional groups attached to an aromatic ring is 1. The van der Waals surface area contributed by atoms with E-state index in [2.05, 4.69) is 4.98 Å². The van der Waals surface area contributed by atoms with Crippen molar-refractivity contribution >= 4 is 33.7 Å². The number of nitrogens with two attached hydrogens (primary N) is 1. The Morgan fingerprint density at radius 2 is 2.35 bits per heavy atom. The summed E-state index contributed by atoms with van der Waals surface area (Å²) in [6.45, 7) is 5.96. The van der Waals surface area contributed by atoms with Gasteiger partial charge >= 0.3 is 0 Å². The molecule has 0 aromatic carbocycles. The van der Waals surface area contributed by atoms with Crippen LogP contribution >= 0.6 is 22.7 Å². The maximum atomic E-state index is 12.6. The van der Waals surface area contributed by atoms with Crippen LogP contribution in [0.2, 0.25) is 0 Å². The zero-order valence-corrected chi connectivity index (χ0v) is 15.0. The van der Waals surface area contributed by atoms with Gasteiger partial charge in [-0.2, -0.15) is 0 Å². The number of amides is 1. The van der Waals surface area contributed by atoms with Crippen LogP contribution in [0.15, 0.2) is 17.5 Å². The first-order chi connectivity index (χ1) is 11.0. The Labute approximate surface area is 144 Å². The van der Waals surface area contributed by atoms with Crippen molar-refractivity contribution in [1.82, 2.24) is 9.88 Å². The molecule has 2 aromatic rings. The first-order valence-corrected chi connectivity index (χ1v) is 9.34. The number of anilines is 1. The summed E-state index contributed by atoms with van der Waals surface area (Å²) in [5, 5.41) is 2.58. The minimum atomic E-state index is -0.237. The number of ether oxygens (including phenoxy) is 1. The summed E-state index contributed by atoms with van der Waals surface area (Å²) in [4.78, 5) is 21.2. The molecule has 0 radical (unpaired) electrons. The van der Waals surface area contributed by atoms with Crippen LogP contribution in [0, 0.1) is 0 Å². The SMILES string of the molecule is CC1(C)COCCN1C(=O)CCc1sc(N)nc1-c1cccs1. The van der Waals surface area contributed by atoms with Crippen LogP contribution < -0.4 is 5.73 Å². The van der Waals surface area contributed by atoms with Crippen LogP contribution in [0.3, 0.4) is 0 Å². The van der Waals surface area contributed by atoms with Crippen LogP contribution in [0.5, 0.6) is 0 Å². The number of morpholine rings is 1. The van der Waals surface area contributed by atoms with Gasteiger partial charge in [0.15, 0.2) is 5.13 Å². The van der Waals surface area contributed by atoms with E-state index in [0.29, 0.717) is 37.7 Å². The van der Waals surface area contributed by atoms with E-state index in [-0.39, 0.29) is 11.4 Å². The zero-order valence-electron chi connectivity index (χ0n) is 13.4. The fourth-order valence-electron chi connectivity index (χ4n) is 2.82. The van der Waals surface area contributed by atoms with Gasteiger partial charge in [-0.15, -0.1) is 22.7 Å². The van der Waals surface area contributed by atoms with Crippen molar-refractivity contribution in [3.63, 3.8) is 0 Å². The summed E-state index contributed by atoms with van der Waals surface area (Å²) < 4.78 is 5.48. The summed E-state index contributed by atoms with van der Waals surface area (Å²) in [5.74, 6) is 0.169. The highest BCUT2D eigenvalue weighted by Gasteiger charge is 2.33. The third-order valence-electron chi connectivity index (χ3n) is 3.98. The molecule has 2 aromatic heterocycles. The number of thiazole rings is 1. The Bertz CT molecular complexity index is 680. The Balaban J connectivity index is 1.70. The van der Waals surface area contributed by atoms with Crippen LogP contribution in [-0.2, 0) is 16.0 Å². The third kappa shape index (κ3) is 3.57. The van der Waals surface area contributed by atoms with E-state index < -0.39 is 0 Å². The van der Waals surface area contributed by atoms with E-state index in [1.54, 1.807) is 11.3 Å². The van der Waals surface area contributed by atoms with Gasteiger partial charge < -0.3 is 15.4 Å². The molecule has 0 atom stereocenters. The van der Waals surface area contributed by atoms with E-state index >= 15 is 0 Å². The minimum absolute atomic E-state index is 0.169. The Morgan fingerprint density at radius 3 is 3.04 bits per heavy atom. The number of hydrogen-bond acceptors (Lipinski definition) is 6. The molecule has 1 aliphatic heterocycles. The van der Waals surface area contributed by atoms with Crippen molar-refractivity contribution in [2.75, 3.05) is 25.5 Å². The predicted octanol–water partition coefficient (Wildman–Crippen LogP) is 3.02. The first-order valence-electron chi connectivity index (χ1n) is 7.64. The molecule has 0 spiro atoms. The number of nitrogens with zero attached hydrogens (tertiary/aromatic N) is 2. The highest BCUT2D eigenvalue weighted by atomic mass is 32.1. The molecule has 0 unspecified atom stereocenters. The molecular formula is C16H21N3O2S2. The van der Waals surface area contributed by atoms with Gasteiger partial charge in [0, 0.05) is 17.8 Å². The topological polar surface area (TPSA) is 68.5 Å². The van der Waals surface area contributed by atoms with Gasteiger partial charge in [0.2, 0.25) is 5.91 Å². The van der Waals surface area contributed by atoms with E-state index in [4.69, 9.17) is 10.5 Å². The number of carbonyl (C=O) groups is 1. The largest absolute Gasteiger partial charge is 0.377 e. The first kappa shape index (κ1) is 16.4. The van der Waals surface area contributed by atoms with Crippen molar-refractivity contribution in [1.29, 1.82) is 0 Å². The number of carbonyl (C=O) groups excluding carboxylic acids is 1. The Hall–Kier alpha value is -1.44. The molecule has 1 fully saturated rings. The summed E-state index contributed by atoms with van der Waals surface area (Å²) in [6.07, 6.45) is 1.15. The normalized spacial score (nSPS) is 17.4. The van der Waals surface area contributed by atoms with Crippen molar-refractivity contribution in [2.24, 2.45) is 0 Å². The summed E-state index contributed by atoms with van der Waals surface area (Å²) in [6, 6.07) is 4.04. The highest BCUT2D eigenvalue weighted by molar-refractivity contribution is 7.17. The second-order valence-corrected chi connectivity index (χ2v) is 8.27. The molecule has 23 heavy (non-hydrogen) atoms. The van der Waals surface area contributed by atoms with Crippen molar-refractivity contribution in [3.8, 4) is 10.6 Å². The molecule has 0 bridgehead atoms. The van der Waals surface area contributed by atoms with E-state index in [9.17, 15) is 4.79 Å². The van der Waals surface area contributed by atoms with Crippen molar-refractivity contribution in [2.45, 2.75) is 32.2 Å². The Kier molecular flexibility index (Phi) is 4.70. The van der Waals surface area contributed by atoms with Gasteiger partial charge in [0.1, 0.15) is 0 Å². The number of aryl methyl sites for hydroxylation is 1. The lowest BCUT2D eigenvalue weighted by molar-refractivity contribution is -0.146. The quantitative estimate of drug-likeness (QED) is 0.919. The lowest BCUT2D eigenvalue weighted by Gasteiger charge is -2.42. The van der Waals surface area contributed by atoms with E-state index in [1.807, 2.05) is 36.3 Å². The summed E-state index contributed by atoms with van der Waals surface area (Å²) in [5.41, 5.74) is 6.57. The molecular weight excluding hydrogens is 330 g/mol. The molecule has 1 saturated heterocycles. The third-order valence-corrected chi connectivity index (χ3v) is 5.80. The molecule has 0 aliphatic carbocycles. The van der Waals surface area contributed by atoms with E-state index in [0.717, 1.165) is 15.4 Å². The zero-order chi connectivity index (χ0) is 16.4. The number of rotatable bonds is 4. The lowest BCUT2D eigenvalue weighted by atomic mass is 10.0. The smallest absolute Gasteiger partial charge is 0.223 e. The molecule has 1 aliphatic rings. The number of thiophene rings is 1. The van der Waals surface area contributed by atoms with Crippen molar-refractivity contribution in [3.05, 3.63) is 22.4 Å². The van der Waals surface area contributed by atoms with Gasteiger partial charge in [0.25, 0.3) is 0 Å². The maximum absolute atomic E-state index is 12.6. The van der Waals surface area contributed by atoms with Crippen LogP contribution in [-0.4, -0.2) is 41.1 Å². The van der Waals surface area contributed by atoms with Gasteiger partial charge in [-0.25, -0.2) is 4.98 Å². The van der Waals surface area contributed by atoms with Crippen molar-refractivity contribution < 1.29 is 9.53 Å². The van der Waals surface area contributed by atoms with Gasteiger partial charge in [-0.3, -0.25) is 4.79 Å². The highest BCUT2D eigenvalue weighted by Crippen LogP contribution is 2.33. The van der Waals surface area contributed by atoms with Gasteiger partial charge in [-0.1, -0.05) is 6.07 Å². The van der Waals surface area contributed by atoms with E-state index in [1.165, 1.54) is 11.3 Å². The predicted molar refractivity (Wildman–Crippen MR) is 94.8 cm³/mol. The second-order valence-electron chi connectivity index (χ2n) is 6.21. The average Bonchev–Trinajstić information content (AvgIpc) is 3.13. The standard InChI is InChI=1S/C16H21N3O2S2/c1-16(2)10-21-8-7-19(16)13(20)6-5-12-14(18-15(17)23-12)11-4-3-9-22-11/h3-4,9H,5-8,10H2,1-2H3,(H2,17,18). The van der Waals surface area contributed by atoms with Crippen LogP contribution in [0.25, 0.3) is 10.6 Å². The fraction of sp³-hybridized carbons (Fsp3) is 0.500. The lowest BCUT2D eigenvalue weighted by Crippen LogP contribution is -2.55. The number of hydrogen-bond donors (Lipinski definition) is 1. The molecule has 2 N–H and O–H groups in total. The Morgan fingerprint density at radius 1 is 1.52 bits per heavy atom. The molecule has 0 saturated carbocycles. The molecule has 3 heterocycles. The molecule has 7 heteroatoms. The fourth-order valence-corrected chi connectivity index (χ4v) is 4.47.